The average Bonchev–Trinajstić information content (AvgIpc) is 2.43. The minimum absolute atomic E-state index is 0.157. The van der Waals surface area contributed by atoms with Gasteiger partial charge in [0.15, 0.2) is 0 Å². The van der Waals surface area contributed by atoms with Gasteiger partial charge in [-0.1, -0.05) is 0 Å². The zero-order valence-corrected chi connectivity index (χ0v) is 8.11. The maximum atomic E-state index is 13.3. The van der Waals surface area contributed by atoms with Crippen molar-refractivity contribution in [1.82, 2.24) is 0 Å². The largest absolute Gasteiger partial charge is 0.319 e. The Morgan fingerprint density at radius 2 is 2.00 bits per heavy atom. The van der Waals surface area contributed by atoms with Crippen LogP contribution in [-0.2, 0) is 9.59 Å². The molecule has 2 N–H and O–H groups in total. The molecule has 0 radical (unpaired) electrons. The lowest BCUT2D eigenvalue weighted by molar-refractivity contribution is -0.121. The van der Waals surface area contributed by atoms with Gasteiger partial charge in [-0.25, -0.2) is 13.7 Å². The van der Waals surface area contributed by atoms with Crippen molar-refractivity contribution in [3.05, 3.63) is 29.8 Å². The third kappa shape index (κ3) is 1.57. The molecule has 1 aromatic carbocycles. The lowest BCUT2D eigenvalue weighted by Gasteiger charge is -2.14. The number of amides is 2. The van der Waals surface area contributed by atoms with E-state index in [1.807, 2.05) is 0 Å². The molecule has 6 heteroatoms. The quantitative estimate of drug-likeness (QED) is 0.711. The molecule has 1 atom stereocenters. The van der Waals surface area contributed by atoms with Crippen LogP contribution < -0.4 is 10.6 Å². The summed E-state index contributed by atoms with van der Waals surface area (Å²) < 4.78 is 26.0. The number of anilines is 1. The van der Waals surface area contributed by atoms with Gasteiger partial charge in [-0.2, -0.15) is 0 Å². The van der Waals surface area contributed by atoms with E-state index in [9.17, 15) is 18.4 Å². The van der Waals surface area contributed by atoms with Crippen LogP contribution in [0.5, 0.6) is 0 Å². The molecular weight excluding hydrogens is 218 g/mol. The molecule has 1 fully saturated rings. The normalized spacial score (nSPS) is 20.7. The second-order valence-corrected chi connectivity index (χ2v) is 3.47. The SMILES string of the molecule is NC1CC(=O)N(c2ccc(F)cc2F)C1=O. The topological polar surface area (TPSA) is 63.4 Å². The molecule has 0 aliphatic carbocycles. The van der Waals surface area contributed by atoms with Gasteiger partial charge in [0.1, 0.15) is 11.6 Å². The molecule has 1 saturated heterocycles. The van der Waals surface area contributed by atoms with E-state index in [1.165, 1.54) is 0 Å². The van der Waals surface area contributed by atoms with Crippen molar-refractivity contribution in [2.24, 2.45) is 5.73 Å². The Balaban J connectivity index is 2.45. The zero-order valence-electron chi connectivity index (χ0n) is 8.11. The predicted octanol–water partition coefficient (Wildman–Crippen LogP) is 0.555. The van der Waals surface area contributed by atoms with E-state index in [0.717, 1.165) is 12.1 Å². The van der Waals surface area contributed by atoms with E-state index in [1.54, 1.807) is 0 Å². The standard InChI is InChI=1S/C10H8F2N2O2/c11-5-1-2-8(6(12)3-5)14-9(15)4-7(13)10(14)16/h1-3,7H,4,13H2. The summed E-state index contributed by atoms with van der Waals surface area (Å²) in [6, 6.07) is 1.68. The van der Waals surface area contributed by atoms with Crippen molar-refractivity contribution < 1.29 is 18.4 Å². The van der Waals surface area contributed by atoms with E-state index in [-0.39, 0.29) is 12.1 Å². The van der Waals surface area contributed by atoms with Crippen LogP contribution in [0.25, 0.3) is 0 Å². The van der Waals surface area contributed by atoms with E-state index in [4.69, 9.17) is 5.73 Å². The monoisotopic (exact) mass is 226 g/mol. The molecule has 1 aromatic rings. The van der Waals surface area contributed by atoms with E-state index in [2.05, 4.69) is 0 Å². The summed E-state index contributed by atoms with van der Waals surface area (Å²) in [6.07, 6.45) is -0.157. The van der Waals surface area contributed by atoms with Gasteiger partial charge < -0.3 is 5.73 Å². The molecule has 2 rings (SSSR count). The van der Waals surface area contributed by atoms with Crippen LogP contribution in [0.3, 0.4) is 0 Å². The molecule has 84 valence electrons. The van der Waals surface area contributed by atoms with Crippen LogP contribution in [0.2, 0.25) is 0 Å². The Morgan fingerprint density at radius 3 is 2.50 bits per heavy atom. The van der Waals surface area contributed by atoms with E-state index >= 15 is 0 Å². The number of carbonyl (C=O) groups excluding carboxylic acids is 2. The van der Waals surface area contributed by atoms with Gasteiger partial charge in [0.05, 0.1) is 18.2 Å². The van der Waals surface area contributed by atoms with Crippen molar-refractivity contribution >= 4 is 17.5 Å². The second kappa shape index (κ2) is 3.64. The van der Waals surface area contributed by atoms with Crippen molar-refractivity contribution in [3.63, 3.8) is 0 Å². The van der Waals surface area contributed by atoms with Crippen molar-refractivity contribution in [1.29, 1.82) is 0 Å². The van der Waals surface area contributed by atoms with Crippen molar-refractivity contribution in [2.45, 2.75) is 12.5 Å². The minimum Gasteiger partial charge on any atom is -0.319 e. The first-order valence-electron chi connectivity index (χ1n) is 4.58. The lowest BCUT2D eigenvalue weighted by atomic mass is 10.2. The molecule has 1 aliphatic rings. The van der Waals surface area contributed by atoms with Crippen LogP contribution in [0.15, 0.2) is 18.2 Å². The Hall–Kier alpha value is -1.82. The van der Waals surface area contributed by atoms with Crippen LogP contribution in [-0.4, -0.2) is 17.9 Å². The molecule has 4 nitrogen and oxygen atoms in total. The smallest absolute Gasteiger partial charge is 0.251 e. The minimum atomic E-state index is -0.962. The summed E-state index contributed by atoms with van der Waals surface area (Å²) in [5.41, 5.74) is 5.11. The molecule has 1 aliphatic heterocycles. The maximum absolute atomic E-state index is 13.3. The fourth-order valence-electron chi connectivity index (χ4n) is 1.57. The summed E-state index contributed by atoms with van der Waals surface area (Å²) in [6.45, 7) is 0. The molecule has 1 heterocycles. The molecule has 0 saturated carbocycles. The number of nitrogens with two attached hydrogens (primary N) is 1. The van der Waals surface area contributed by atoms with E-state index in [0.29, 0.717) is 11.0 Å². The Morgan fingerprint density at radius 1 is 1.31 bits per heavy atom. The summed E-state index contributed by atoms with van der Waals surface area (Å²) in [5.74, 6) is -2.99. The molecular formula is C10H8F2N2O2. The second-order valence-electron chi connectivity index (χ2n) is 3.47. The fourth-order valence-corrected chi connectivity index (χ4v) is 1.57. The third-order valence-electron chi connectivity index (χ3n) is 2.33. The highest BCUT2D eigenvalue weighted by Gasteiger charge is 2.38. The molecule has 0 spiro atoms. The number of imide groups is 1. The number of rotatable bonds is 1. The fraction of sp³-hybridized carbons (Fsp3) is 0.200. The number of hydrogen-bond donors (Lipinski definition) is 1. The highest BCUT2D eigenvalue weighted by molar-refractivity contribution is 6.22. The van der Waals surface area contributed by atoms with Crippen LogP contribution >= 0.6 is 0 Å². The summed E-state index contributed by atoms with van der Waals surface area (Å²) in [5, 5.41) is 0. The van der Waals surface area contributed by atoms with Crippen LogP contribution in [0.4, 0.5) is 14.5 Å². The lowest BCUT2D eigenvalue weighted by Crippen LogP contribution is -2.35. The summed E-state index contributed by atoms with van der Waals surface area (Å²) in [4.78, 5) is 23.5. The predicted molar refractivity (Wildman–Crippen MR) is 51.4 cm³/mol. The highest BCUT2D eigenvalue weighted by Crippen LogP contribution is 2.25. The first kappa shape index (κ1) is 10.7. The van der Waals surface area contributed by atoms with Gasteiger partial charge in [0.25, 0.3) is 5.91 Å². The molecule has 0 aromatic heterocycles. The number of hydrogen-bond acceptors (Lipinski definition) is 3. The Labute approximate surface area is 89.6 Å². The molecule has 2 amide bonds. The molecule has 0 bridgehead atoms. The van der Waals surface area contributed by atoms with Gasteiger partial charge in [-0.15, -0.1) is 0 Å². The molecule has 1 unspecified atom stereocenters. The molecule has 16 heavy (non-hydrogen) atoms. The average molecular weight is 226 g/mol. The van der Waals surface area contributed by atoms with Gasteiger partial charge >= 0.3 is 0 Å². The van der Waals surface area contributed by atoms with Crippen LogP contribution in [0, 0.1) is 11.6 Å². The first-order valence-corrected chi connectivity index (χ1v) is 4.58. The zero-order chi connectivity index (χ0) is 11.9. The van der Waals surface area contributed by atoms with Crippen molar-refractivity contribution in [2.75, 3.05) is 4.90 Å². The Kier molecular flexibility index (Phi) is 2.43. The third-order valence-corrected chi connectivity index (χ3v) is 2.33. The Bertz CT molecular complexity index is 476. The first-order chi connectivity index (χ1) is 7.50. The summed E-state index contributed by atoms with van der Waals surface area (Å²) in [7, 11) is 0. The number of halogens is 2. The van der Waals surface area contributed by atoms with Gasteiger partial charge in [0, 0.05) is 6.07 Å². The van der Waals surface area contributed by atoms with Crippen LogP contribution in [0.1, 0.15) is 6.42 Å². The van der Waals surface area contributed by atoms with E-state index < -0.39 is 29.5 Å². The van der Waals surface area contributed by atoms with Gasteiger partial charge in [-0.05, 0) is 12.1 Å². The number of carbonyl (C=O) groups is 2. The van der Waals surface area contributed by atoms with Gasteiger partial charge in [0.2, 0.25) is 5.91 Å². The number of benzene rings is 1. The van der Waals surface area contributed by atoms with Gasteiger partial charge in [-0.3, -0.25) is 9.59 Å². The van der Waals surface area contributed by atoms with Crippen molar-refractivity contribution in [3.8, 4) is 0 Å². The number of nitrogens with zero attached hydrogens (tertiary/aromatic N) is 1. The highest BCUT2D eigenvalue weighted by atomic mass is 19.1. The maximum Gasteiger partial charge on any atom is 0.251 e. The summed E-state index contributed by atoms with van der Waals surface area (Å²) >= 11 is 0.